The monoisotopic (exact) mass is 550 g/mol. The Morgan fingerprint density at radius 2 is 1.87 bits per heavy atom. The molecule has 4 rings (SSSR count). The first-order valence-electron chi connectivity index (χ1n) is 12.6. The minimum Gasteiger partial charge on any atom is -0.495 e. The number of rotatable bonds is 6. The molecule has 1 fully saturated rings. The Hall–Kier alpha value is -3.69. The van der Waals surface area contributed by atoms with Crippen LogP contribution < -0.4 is 9.64 Å². The lowest BCUT2D eigenvalue weighted by atomic mass is 9.83. The van der Waals surface area contributed by atoms with Gasteiger partial charge in [0.2, 0.25) is 5.91 Å². The fourth-order valence-electron chi connectivity index (χ4n) is 4.72. The minimum absolute atomic E-state index is 0.00441. The van der Waals surface area contributed by atoms with Gasteiger partial charge in [-0.2, -0.15) is 13.2 Å². The molecule has 1 aromatic heterocycles. The van der Waals surface area contributed by atoms with Crippen molar-refractivity contribution >= 4 is 18.4 Å². The van der Waals surface area contributed by atoms with E-state index in [1.54, 1.807) is 17.2 Å². The number of aryl methyl sites for hydroxylation is 1. The average Bonchev–Trinajstić information content (AvgIpc) is 3.41. The lowest BCUT2D eigenvalue weighted by Crippen LogP contribution is -2.49. The number of nitrogens with zero attached hydrogens (tertiary/aromatic N) is 2. The third-order valence-corrected chi connectivity index (χ3v) is 6.58. The van der Waals surface area contributed by atoms with Gasteiger partial charge >= 0.3 is 6.18 Å². The number of hydrogen-bond acceptors (Lipinski definition) is 5. The molecule has 2 aromatic carbocycles. The van der Waals surface area contributed by atoms with Crippen LogP contribution in [0.5, 0.6) is 5.75 Å². The van der Waals surface area contributed by atoms with Crippen molar-refractivity contribution in [2.45, 2.75) is 65.1 Å². The number of amides is 1. The molecule has 3 aromatic rings. The van der Waals surface area contributed by atoms with Crippen molar-refractivity contribution in [2.75, 3.05) is 12.0 Å². The summed E-state index contributed by atoms with van der Waals surface area (Å²) in [5, 5.41) is 3.54. The summed E-state index contributed by atoms with van der Waals surface area (Å²) in [6.45, 7) is 8.00. The lowest BCUT2D eigenvalue weighted by Gasteiger charge is -2.41. The molecule has 1 saturated heterocycles. The van der Waals surface area contributed by atoms with Gasteiger partial charge in [-0.1, -0.05) is 44.0 Å². The van der Waals surface area contributed by atoms with E-state index in [2.05, 4.69) is 16.6 Å². The van der Waals surface area contributed by atoms with Crippen molar-refractivity contribution in [3.8, 4) is 16.9 Å². The van der Waals surface area contributed by atoms with Crippen LogP contribution >= 0.6 is 0 Å². The predicted octanol–water partition coefficient (Wildman–Crippen LogP) is 7.64. The van der Waals surface area contributed by atoms with Crippen LogP contribution in [0.15, 0.2) is 53.3 Å². The molecule has 212 valence electrons. The number of anilines is 1. The highest BCUT2D eigenvalue weighted by molar-refractivity contribution is 5.97. The number of methoxy groups -OCH3 is 1. The lowest BCUT2D eigenvalue weighted by molar-refractivity contribution is -0.137. The number of benzene rings is 2. The van der Waals surface area contributed by atoms with Gasteiger partial charge < -0.3 is 19.0 Å². The molecule has 2 atom stereocenters. The van der Waals surface area contributed by atoms with Gasteiger partial charge in [-0.3, -0.25) is 4.79 Å². The second kappa shape index (κ2) is 14.5. The summed E-state index contributed by atoms with van der Waals surface area (Å²) in [6, 6.07) is 8.86. The summed E-state index contributed by atoms with van der Waals surface area (Å²) >= 11 is 0. The second-order valence-electron chi connectivity index (χ2n) is 9.05. The minimum atomic E-state index is -4.53. The van der Waals surface area contributed by atoms with Crippen molar-refractivity contribution in [1.82, 2.24) is 5.16 Å². The molecule has 0 spiro atoms. The average molecular weight is 551 g/mol. The van der Waals surface area contributed by atoms with Gasteiger partial charge in [0.05, 0.1) is 24.1 Å². The molecule has 0 aliphatic carbocycles. The molecular weight excluding hydrogens is 516 g/mol. The second-order valence-corrected chi connectivity index (χ2v) is 9.05. The number of piperidine rings is 1. The number of ether oxygens (including phenoxy) is 1. The molecule has 2 heterocycles. The van der Waals surface area contributed by atoms with Crippen molar-refractivity contribution < 1.29 is 36.4 Å². The molecular formula is C29H34F4N2O4. The number of carbonyl (C=O) groups is 2. The summed E-state index contributed by atoms with van der Waals surface area (Å²) in [7, 11) is 1.41. The zero-order valence-electron chi connectivity index (χ0n) is 22.6. The van der Waals surface area contributed by atoms with Crippen molar-refractivity contribution in [1.29, 1.82) is 0 Å². The Morgan fingerprint density at radius 1 is 1.15 bits per heavy atom. The first kappa shape index (κ1) is 31.5. The van der Waals surface area contributed by atoms with Gasteiger partial charge in [-0.05, 0) is 49.4 Å². The molecule has 0 N–H and O–H groups in total. The van der Waals surface area contributed by atoms with Gasteiger partial charge in [-0.15, -0.1) is 0 Å². The third-order valence-electron chi connectivity index (χ3n) is 6.58. The molecule has 39 heavy (non-hydrogen) atoms. The van der Waals surface area contributed by atoms with E-state index >= 15 is 4.39 Å². The van der Waals surface area contributed by atoms with Gasteiger partial charge in [-0.25, -0.2) is 4.39 Å². The SMILES string of the molecule is C=O.CCC[C@@H]1[C@H](CC)CCC(=O)N1c1cc(F)c(-c2cccc(C(F)(F)F)c2)cc1OC.Cc1ccon1. The Labute approximate surface area is 225 Å². The summed E-state index contributed by atoms with van der Waals surface area (Å²) in [6.07, 6.45) is 0.751. The number of halogens is 4. The van der Waals surface area contributed by atoms with Crippen LogP contribution in [0.2, 0.25) is 0 Å². The van der Waals surface area contributed by atoms with Crippen LogP contribution in [0.3, 0.4) is 0 Å². The van der Waals surface area contributed by atoms with E-state index in [1.165, 1.54) is 31.4 Å². The summed E-state index contributed by atoms with van der Waals surface area (Å²) in [4.78, 5) is 22.5. The maximum Gasteiger partial charge on any atom is 0.416 e. The number of alkyl halides is 3. The molecule has 1 aliphatic rings. The first-order valence-corrected chi connectivity index (χ1v) is 12.6. The molecule has 0 saturated carbocycles. The van der Waals surface area contributed by atoms with Crippen LogP contribution in [-0.2, 0) is 15.8 Å². The van der Waals surface area contributed by atoms with Crippen LogP contribution in [0.4, 0.5) is 23.2 Å². The van der Waals surface area contributed by atoms with Gasteiger partial charge in [0, 0.05) is 30.2 Å². The fourth-order valence-corrected chi connectivity index (χ4v) is 4.72. The quantitative estimate of drug-likeness (QED) is 0.295. The molecule has 0 radical (unpaired) electrons. The van der Waals surface area contributed by atoms with Gasteiger partial charge in [0.25, 0.3) is 0 Å². The van der Waals surface area contributed by atoms with Crippen LogP contribution in [-0.4, -0.2) is 31.0 Å². The van der Waals surface area contributed by atoms with E-state index in [9.17, 15) is 18.0 Å². The summed E-state index contributed by atoms with van der Waals surface area (Å²) in [5.74, 6) is -0.224. The summed E-state index contributed by atoms with van der Waals surface area (Å²) in [5.41, 5.74) is 0.494. The van der Waals surface area contributed by atoms with E-state index in [-0.39, 0.29) is 28.8 Å². The highest BCUT2D eigenvalue weighted by Crippen LogP contribution is 2.42. The highest BCUT2D eigenvalue weighted by Gasteiger charge is 2.37. The topological polar surface area (TPSA) is 72.6 Å². The predicted molar refractivity (Wildman–Crippen MR) is 141 cm³/mol. The van der Waals surface area contributed by atoms with Crippen molar-refractivity contribution in [3.05, 3.63) is 65.8 Å². The number of aromatic nitrogens is 1. The van der Waals surface area contributed by atoms with Crippen LogP contribution in [0.1, 0.15) is 57.2 Å². The Balaban J connectivity index is 0.000000578. The normalized spacial score (nSPS) is 17.0. The first-order chi connectivity index (χ1) is 18.6. The maximum atomic E-state index is 15.2. The zero-order valence-corrected chi connectivity index (χ0v) is 22.6. The largest absolute Gasteiger partial charge is 0.495 e. The van der Waals surface area contributed by atoms with E-state index in [0.717, 1.165) is 43.5 Å². The Bertz CT molecular complexity index is 1200. The zero-order chi connectivity index (χ0) is 29.2. The molecule has 1 amide bonds. The van der Waals surface area contributed by atoms with E-state index in [0.29, 0.717) is 18.0 Å². The molecule has 6 nitrogen and oxygen atoms in total. The van der Waals surface area contributed by atoms with E-state index in [1.807, 2.05) is 20.6 Å². The van der Waals surface area contributed by atoms with E-state index in [4.69, 9.17) is 9.53 Å². The number of carbonyl (C=O) groups excluding carboxylic acids is 2. The molecule has 0 unspecified atom stereocenters. The van der Waals surface area contributed by atoms with E-state index < -0.39 is 17.6 Å². The smallest absolute Gasteiger partial charge is 0.416 e. The molecule has 0 bridgehead atoms. The molecule has 1 aliphatic heterocycles. The highest BCUT2D eigenvalue weighted by atomic mass is 19.4. The van der Waals surface area contributed by atoms with Gasteiger partial charge in [0.1, 0.15) is 24.6 Å². The maximum absolute atomic E-state index is 15.2. The third kappa shape index (κ3) is 7.91. The fraction of sp³-hybridized carbons (Fsp3) is 0.414. The van der Waals surface area contributed by atoms with Crippen molar-refractivity contribution in [2.24, 2.45) is 5.92 Å². The Kier molecular flexibility index (Phi) is 11.7. The Morgan fingerprint density at radius 3 is 2.38 bits per heavy atom. The van der Waals surface area contributed by atoms with Crippen LogP contribution in [0.25, 0.3) is 11.1 Å². The van der Waals surface area contributed by atoms with Crippen molar-refractivity contribution in [3.63, 3.8) is 0 Å². The van der Waals surface area contributed by atoms with Gasteiger partial charge in [0.15, 0.2) is 0 Å². The molecule has 10 heteroatoms. The van der Waals surface area contributed by atoms with Crippen LogP contribution in [0, 0.1) is 18.7 Å². The summed E-state index contributed by atoms with van der Waals surface area (Å²) < 4.78 is 64.4. The standard InChI is InChI=1S/C24H27F4NO2.C4H5NO.CH2O/c1-4-7-20-15(5-2)10-11-23(30)29(20)21-14-19(25)18(13-22(21)31-3)16-8-6-9-17(12-16)24(26,27)28;1-4-2-3-6-5-4;1-2/h6,8-9,12-15,20H,4-5,7,10-11H2,1-3H3;2-3H,1H3;1H2/t15-,20-;;/m1../s1. The number of hydrogen-bond donors (Lipinski definition) is 0.